The lowest BCUT2D eigenvalue weighted by Gasteiger charge is -2.28. The van der Waals surface area contributed by atoms with Crippen molar-refractivity contribution in [3.63, 3.8) is 0 Å². The van der Waals surface area contributed by atoms with Gasteiger partial charge in [-0.15, -0.1) is 12.4 Å². The van der Waals surface area contributed by atoms with Crippen LogP contribution in [0, 0.1) is 10.8 Å². The van der Waals surface area contributed by atoms with Crippen molar-refractivity contribution in [1.29, 1.82) is 0 Å². The maximum absolute atomic E-state index is 12.3. The molecule has 1 saturated carbocycles. The van der Waals surface area contributed by atoms with Crippen LogP contribution in [0.1, 0.15) is 59.8 Å². The molecule has 17 heavy (non-hydrogen) atoms. The smallest absolute Gasteiger partial charge is 0.140 e. The van der Waals surface area contributed by atoms with Gasteiger partial charge in [0.25, 0.3) is 0 Å². The van der Waals surface area contributed by atoms with Crippen LogP contribution < -0.4 is 5.32 Å². The van der Waals surface area contributed by atoms with Gasteiger partial charge in [0.1, 0.15) is 5.78 Å². The normalized spacial score (nSPS) is 38.2. The number of fused-ring (bicyclic) bond motifs is 1. The highest BCUT2D eigenvalue weighted by molar-refractivity contribution is 5.86. The Balaban J connectivity index is 0.00000144. The molecule has 2 fully saturated rings. The zero-order chi connectivity index (χ0) is 12.0. The van der Waals surface area contributed by atoms with Crippen LogP contribution in [-0.2, 0) is 4.79 Å². The van der Waals surface area contributed by atoms with Crippen molar-refractivity contribution in [1.82, 2.24) is 5.32 Å². The highest BCUT2D eigenvalue weighted by Gasteiger charge is 2.51. The Morgan fingerprint density at radius 1 is 1.29 bits per heavy atom. The van der Waals surface area contributed by atoms with Crippen molar-refractivity contribution in [3.8, 4) is 0 Å². The number of rotatable bonds is 0. The summed E-state index contributed by atoms with van der Waals surface area (Å²) in [6.45, 7) is 8.99. The van der Waals surface area contributed by atoms with Crippen molar-refractivity contribution >= 4 is 18.2 Å². The summed E-state index contributed by atoms with van der Waals surface area (Å²) in [6.07, 6.45) is 5.29. The van der Waals surface area contributed by atoms with E-state index in [2.05, 4.69) is 33.0 Å². The molecule has 2 rings (SSSR count). The number of hydrogen-bond donors (Lipinski definition) is 1. The SMILES string of the molecule is CC(C)(C)[C@@H]1C[C@]2(C)C(=O)CCCC[C@@H]2N1.Cl. The fourth-order valence-electron chi connectivity index (χ4n) is 3.24. The van der Waals surface area contributed by atoms with E-state index in [1.165, 1.54) is 12.8 Å². The Kier molecular flexibility index (Phi) is 4.31. The predicted molar refractivity (Wildman–Crippen MR) is 73.6 cm³/mol. The number of hydrogen-bond acceptors (Lipinski definition) is 2. The second kappa shape index (κ2) is 4.89. The van der Waals surface area contributed by atoms with Crippen LogP contribution >= 0.6 is 12.4 Å². The van der Waals surface area contributed by atoms with Crippen LogP contribution in [0.4, 0.5) is 0 Å². The highest BCUT2D eigenvalue weighted by atomic mass is 35.5. The molecule has 3 atom stereocenters. The van der Waals surface area contributed by atoms with Crippen molar-refractivity contribution in [2.75, 3.05) is 0 Å². The standard InChI is InChI=1S/C14H25NO.ClH/c1-13(2,3)11-9-14(4)10(15-11)7-5-6-8-12(14)16;/h10-11,15H,5-9H2,1-4H3;1H/t10-,11-,14-;/m0./s1. The van der Waals surface area contributed by atoms with Crippen LogP contribution in [0.3, 0.4) is 0 Å². The van der Waals surface area contributed by atoms with E-state index in [0.29, 0.717) is 17.9 Å². The molecular formula is C14H26ClNO. The summed E-state index contributed by atoms with van der Waals surface area (Å²) < 4.78 is 0. The van der Waals surface area contributed by atoms with Gasteiger partial charge in [-0.2, -0.15) is 0 Å². The van der Waals surface area contributed by atoms with Gasteiger partial charge >= 0.3 is 0 Å². The van der Waals surface area contributed by atoms with E-state index in [1.54, 1.807) is 0 Å². The van der Waals surface area contributed by atoms with E-state index in [1.807, 2.05) is 0 Å². The maximum atomic E-state index is 12.3. The van der Waals surface area contributed by atoms with Gasteiger partial charge in [0.2, 0.25) is 0 Å². The van der Waals surface area contributed by atoms with Crippen molar-refractivity contribution in [2.24, 2.45) is 10.8 Å². The summed E-state index contributed by atoms with van der Waals surface area (Å²) in [5.74, 6) is 0.495. The van der Waals surface area contributed by atoms with Crippen LogP contribution in [0.5, 0.6) is 0 Å². The van der Waals surface area contributed by atoms with Gasteiger partial charge in [0.15, 0.2) is 0 Å². The topological polar surface area (TPSA) is 29.1 Å². The van der Waals surface area contributed by atoms with Gasteiger partial charge in [-0.05, 0) is 24.7 Å². The van der Waals surface area contributed by atoms with Gasteiger partial charge in [0, 0.05) is 23.9 Å². The number of ketones is 1. The Morgan fingerprint density at radius 2 is 1.94 bits per heavy atom. The van der Waals surface area contributed by atoms with E-state index in [-0.39, 0.29) is 23.2 Å². The largest absolute Gasteiger partial charge is 0.310 e. The second-order valence-corrected chi connectivity index (χ2v) is 6.93. The van der Waals surface area contributed by atoms with Crippen molar-refractivity contribution in [2.45, 2.75) is 71.9 Å². The van der Waals surface area contributed by atoms with Crippen molar-refractivity contribution in [3.05, 3.63) is 0 Å². The highest BCUT2D eigenvalue weighted by Crippen LogP contribution is 2.44. The molecule has 1 heterocycles. The summed E-state index contributed by atoms with van der Waals surface area (Å²) in [5.41, 5.74) is 0.171. The first-order valence-electron chi connectivity index (χ1n) is 6.63. The average Bonchev–Trinajstić information content (AvgIpc) is 2.45. The zero-order valence-corrected chi connectivity index (χ0v) is 12.3. The summed E-state index contributed by atoms with van der Waals surface area (Å²) in [6, 6.07) is 0.913. The summed E-state index contributed by atoms with van der Waals surface area (Å²) >= 11 is 0. The van der Waals surface area contributed by atoms with Gasteiger partial charge in [-0.25, -0.2) is 0 Å². The summed E-state index contributed by atoms with van der Waals surface area (Å²) in [5, 5.41) is 3.72. The third-order valence-corrected chi connectivity index (χ3v) is 4.63. The molecule has 0 aromatic rings. The van der Waals surface area contributed by atoms with E-state index in [0.717, 1.165) is 19.3 Å². The fraction of sp³-hybridized carbons (Fsp3) is 0.929. The minimum atomic E-state index is -0.0888. The molecule has 1 aliphatic carbocycles. The number of carbonyl (C=O) groups is 1. The molecule has 0 spiro atoms. The Morgan fingerprint density at radius 3 is 2.53 bits per heavy atom. The van der Waals surface area contributed by atoms with Gasteiger partial charge in [-0.3, -0.25) is 4.79 Å². The van der Waals surface area contributed by atoms with E-state index in [4.69, 9.17) is 0 Å². The minimum absolute atomic E-state index is 0. The molecule has 1 N–H and O–H groups in total. The number of halogens is 1. The van der Waals surface area contributed by atoms with Gasteiger partial charge < -0.3 is 5.32 Å². The Hall–Kier alpha value is -0.0800. The first kappa shape index (κ1) is 15.0. The molecule has 0 bridgehead atoms. The van der Waals surface area contributed by atoms with Gasteiger partial charge in [-0.1, -0.05) is 34.1 Å². The van der Waals surface area contributed by atoms with Crippen molar-refractivity contribution < 1.29 is 4.79 Å². The summed E-state index contributed by atoms with van der Waals surface area (Å²) in [4.78, 5) is 12.3. The molecule has 0 radical (unpaired) electrons. The van der Waals surface area contributed by atoms with Gasteiger partial charge in [0.05, 0.1) is 0 Å². The molecule has 2 aliphatic rings. The molecule has 2 nitrogen and oxygen atoms in total. The monoisotopic (exact) mass is 259 g/mol. The number of nitrogens with one attached hydrogen (secondary N) is 1. The quantitative estimate of drug-likeness (QED) is 0.723. The Bertz CT molecular complexity index is 297. The molecule has 0 aromatic carbocycles. The molecular weight excluding hydrogens is 234 g/mol. The average molecular weight is 260 g/mol. The van der Waals surface area contributed by atoms with E-state index < -0.39 is 0 Å². The number of Topliss-reactive ketones (excluding diaryl/α,β-unsaturated/α-hetero) is 1. The van der Waals surface area contributed by atoms with E-state index in [9.17, 15) is 4.79 Å². The molecule has 0 unspecified atom stereocenters. The lowest BCUT2D eigenvalue weighted by Crippen LogP contribution is -2.41. The zero-order valence-electron chi connectivity index (χ0n) is 11.5. The van der Waals surface area contributed by atoms with E-state index >= 15 is 0 Å². The van der Waals surface area contributed by atoms with Crippen LogP contribution in [0.2, 0.25) is 0 Å². The molecule has 100 valence electrons. The lowest BCUT2D eigenvalue weighted by atomic mass is 9.74. The fourth-order valence-corrected chi connectivity index (χ4v) is 3.24. The second-order valence-electron chi connectivity index (χ2n) is 6.93. The van der Waals surface area contributed by atoms with Crippen LogP contribution in [-0.4, -0.2) is 17.9 Å². The van der Waals surface area contributed by atoms with Crippen LogP contribution in [0.25, 0.3) is 0 Å². The third-order valence-electron chi connectivity index (χ3n) is 4.63. The minimum Gasteiger partial charge on any atom is -0.310 e. The summed E-state index contributed by atoms with van der Waals surface area (Å²) in [7, 11) is 0. The maximum Gasteiger partial charge on any atom is 0.140 e. The Labute approximate surface area is 111 Å². The molecule has 1 saturated heterocycles. The third kappa shape index (κ3) is 2.68. The lowest BCUT2D eigenvalue weighted by molar-refractivity contribution is -0.128. The van der Waals surface area contributed by atoms with Crippen LogP contribution in [0.15, 0.2) is 0 Å². The first-order chi connectivity index (χ1) is 7.34. The predicted octanol–water partition coefficient (Wildman–Crippen LogP) is 3.33. The number of carbonyl (C=O) groups excluding carboxylic acids is 1. The molecule has 0 amide bonds. The first-order valence-corrected chi connectivity index (χ1v) is 6.63. The molecule has 0 aromatic heterocycles. The molecule has 3 heteroatoms. The molecule has 1 aliphatic heterocycles.